The number of benzene rings is 1. The number of nitrogens with zero attached hydrogens (tertiary/aromatic N) is 2. The predicted molar refractivity (Wildman–Crippen MR) is 83.1 cm³/mol. The Morgan fingerprint density at radius 3 is 1.95 bits per heavy atom. The molecule has 1 aromatic rings. The van der Waals surface area contributed by atoms with Crippen molar-refractivity contribution < 1.29 is 14.2 Å². The Kier molecular flexibility index (Phi) is 6.29. The van der Waals surface area contributed by atoms with Crippen LogP contribution in [0.3, 0.4) is 0 Å². The fourth-order valence-electron chi connectivity index (χ4n) is 2.61. The van der Waals surface area contributed by atoms with E-state index in [1.165, 1.54) is 5.56 Å². The second-order valence-electron chi connectivity index (χ2n) is 5.33. The molecule has 0 N–H and O–H groups in total. The molecule has 2 rings (SSSR count). The molecule has 1 fully saturated rings. The summed E-state index contributed by atoms with van der Waals surface area (Å²) in [5, 5.41) is 0. The average Bonchev–Trinajstić information content (AvgIpc) is 2.53. The van der Waals surface area contributed by atoms with Crippen molar-refractivity contribution in [2.24, 2.45) is 0 Å². The topological polar surface area (TPSA) is 34.2 Å². The predicted octanol–water partition coefficient (Wildman–Crippen LogP) is 1.47. The largest absolute Gasteiger partial charge is 0.497 e. The SMILES string of the molecule is COCCN1CCN(Cc2cc(OC)cc(OC)c2)CC1. The fraction of sp³-hybridized carbons (Fsp3) is 0.625. The summed E-state index contributed by atoms with van der Waals surface area (Å²) in [6.07, 6.45) is 0. The van der Waals surface area contributed by atoms with Gasteiger partial charge in [0.05, 0.1) is 20.8 Å². The Balaban J connectivity index is 1.88. The average molecular weight is 294 g/mol. The maximum atomic E-state index is 5.33. The van der Waals surface area contributed by atoms with Crippen LogP contribution in [-0.2, 0) is 11.3 Å². The maximum Gasteiger partial charge on any atom is 0.122 e. The highest BCUT2D eigenvalue weighted by Crippen LogP contribution is 2.23. The van der Waals surface area contributed by atoms with Gasteiger partial charge in [0.15, 0.2) is 0 Å². The van der Waals surface area contributed by atoms with Gasteiger partial charge >= 0.3 is 0 Å². The first-order valence-corrected chi connectivity index (χ1v) is 7.40. The molecule has 1 saturated heterocycles. The molecule has 21 heavy (non-hydrogen) atoms. The summed E-state index contributed by atoms with van der Waals surface area (Å²) in [7, 11) is 5.13. The van der Waals surface area contributed by atoms with Crippen molar-refractivity contribution in [1.82, 2.24) is 9.80 Å². The molecular weight excluding hydrogens is 268 g/mol. The Morgan fingerprint density at radius 2 is 1.43 bits per heavy atom. The molecule has 118 valence electrons. The van der Waals surface area contributed by atoms with Gasteiger partial charge in [-0.05, 0) is 17.7 Å². The molecule has 0 atom stereocenters. The van der Waals surface area contributed by atoms with Gasteiger partial charge in [-0.25, -0.2) is 0 Å². The first-order chi connectivity index (χ1) is 10.2. The van der Waals surface area contributed by atoms with Crippen molar-refractivity contribution in [1.29, 1.82) is 0 Å². The molecule has 0 aliphatic carbocycles. The highest BCUT2D eigenvalue weighted by atomic mass is 16.5. The van der Waals surface area contributed by atoms with Crippen LogP contribution >= 0.6 is 0 Å². The molecule has 5 heteroatoms. The van der Waals surface area contributed by atoms with Gasteiger partial charge < -0.3 is 14.2 Å². The van der Waals surface area contributed by atoms with Gasteiger partial charge in [0.2, 0.25) is 0 Å². The van der Waals surface area contributed by atoms with Crippen LogP contribution in [0.5, 0.6) is 11.5 Å². The first kappa shape index (κ1) is 16.1. The van der Waals surface area contributed by atoms with Gasteiger partial charge in [-0.3, -0.25) is 9.80 Å². The van der Waals surface area contributed by atoms with E-state index in [0.717, 1.165) is 57.4 Å². The lowest BCUT2D eigenvalue weighted by Crippen LogP contribution is -2.46. The molecule has 0 spiro atoms. The van der Waals surface area contributed by atoms with Gasteiger partial charge in [-0.15, -0.1) is 0 Å². The molecule has 0 amide bonds. The van der Waals surface area contributed by atoms with Crippen LogP contribution in [-0.4, -0.2) is 70.5 Å². The lowest BCUT2D eigenvalue weighted by atomic mass is 10.1. The Hall–Kier alpha value is -1.30. The van der Waals surface area contributed by atoms with E-state index < -0.39 is 0 Å². The number of hydrogen-bond acceptors (Lipinski definition) is 5. The molecule has 0 unspecified atom stereocenters. The first-order valence-electron chi connectivity index (χ1n) is 7.40. The monoisotopic (exact) mass is 294 g/mol. The molecule has 1 aliphatic rings. The Labute approximate surface area is 127 Å². The number of ether oxygens (including phenoxy) is 3. The quantitative estimate of drug-likeness (QED) is 0.761. The van der Waals surface area contributed by atoms with E-state index in [0.29, 0.717) is 0 Å². The van der Waals surface area contributed by atoms with Crippen molar-refractivity contribution >= 4 is 0 Å². The van der Waals surface area contributed by atoms with Crippen molar-refractivity contribution in [3.63, 3.8) is 0 Å². The van der Waals surface area contributed by atoms with E-state index >= 15 is 0 Å². The minimum atomic E-state index is 0.813. The van der Waals surface area contributed by atoms with Crippen LogP contribution in [0.2, 0.25) is 0 Å². The molecule has 0 radical (unpaired) electrons. The zero-order chi connectivity index (χ0) is 15.1. The van der Waals surface area contributed by atoms with Crippen molar-refractivity contribution in [3.05, 3.63) is 23.8 Å². The second-order valence-corrected chi connectivity index (χ2v) is 5.33. The van der Waals surface area contributed by atoms with Crippen molar-refractivity contribution in [2.75, 3.05) is 60.7 Å². The van der Waals surface area contributed by atoms with Crippen LogP contribution in [0.4, 0.5) is 0 Å². The number of rotatable bonds is 7. The van der Waals surface area contributed by atoms with Gasteiger partial charge in [0.1, 0.15) is 11.5 Å². The summed E-state index contributed by atoms with van der Waals surface area (Å²) in [5.41, 5.74) is 1.23. The normalized spacial score (nSPS) is 16.9. The van der Waals surface area contributed by atoms with Crippen LogP contribution < -0.4 is 9.47 Å². The number of piperazine rings is 1. The van der Waals surface area contributed by atoms with Crippen LogP contribution in [0.25, 0.3) is 0 Å². The van der Waals surface area contributed by atoms with Crippen LogP contribution in [0, 0.1) is 0 Å². The zero-order valence-corrected chi connectivity index (χ0v) is 13.3. The second kappa shape index (κ2) is 8.22. The third kappa shape index (κ3) is 4.88. The van der Waals surface area contributed by atoms with E-state index in [9.17, 15) is 0 Å². The summed E-state index contributed by atoms with van der Waals surface area (Å²) in [6, 6.07) is 6.08. The summed E-state index contributed by atoms with van der Waals surface area (Å²) in [6.45, 7) is 7.15. The molecule has 1 heterocycles. The molecule has 1 aromatic carbocycles. The Morgan fingerprint density at radius 1 is 0.857 bits per heavy atom. The zero-order valence-electron chi connectivity index (χ0n) is 13.3. The van der Waals surface area contributed by atoms with Crippen LogP contribution in [0.1, 0.15) is 5.56 Å². The van der Waals surface area contributed by atoms with Crippen LogP contribution in [0.15, 0.2) is 18.2 Å². The van der Waals surface area contributed by atoms with Gasteiger partial charge in [-0.2, -0.15) is 0 Å². The standard InChI is InChI=1S/C16H26N2O3/c1-19-9-8-17-4-6-18(7-5-17)13-14-10-15(20-2)12-16(11-14)21-3/h10-12H,4-9,13H2,1-3H3. The minimum absolute atomic E-state index is 0.813. The van der Waals surface area contributed by atoms with Crippen molar-refractivity contribution in [2.45, 2.75) is 6.54 Å². The third-order valence-corrected chi connectivity index (χ3v) is 3.89. The lowest BCUT2D eigenvalue weighted by molar-refractivity contribution is 0.0937. The van der Waals surface area contributed by atoms with E-state index in [1.54, 1.807) is 21.3 Å². The Bertz CT molecular complexity index is 409. The highest BCUT2D eigenvalue weighted by molar-refractivity contribution is 5.38. The smallest absolute Gasteiger partial charge is 0.122 e. The summed E-state index contributed by atoms with van der Waals surface area (Å²) in [5.74, 6) is 1.70. The van der Waals surface area contributed by atoms with Gasteiger partial charge in [-0.1, -0.05) is 0 Å². The molecule has 1 aliphatic heterocycles. The molecular formula is C16H26N2O3. The van der Waals surface area contributed by atoms with E-state index in [1.807, 2.05) is 6.07 Å². The van der Waals surface area contributed by atoms with Crippen molar-refractivity contribution in [3.8, 4) is 11.5 Å². The van der Waals surface area contributed by atoms with Gasteiger partial charge in [0, 0.05) is 52.4 Å². The molecule has 0 bridgehead atoms. The number of methoxy groups -OCH3 is 3. The fourth-order valence-corrected chi connectivity index (χ4v) is 2.61. The molecule has 0 saturated carbocycles. The van der Waals surface area contributed by atoms with Gasteiger partial charge in [0.25, 0.3) is 0 Å². The minimum Gasteiger partial charge on any atom is -0.497 e. The molecule has 0 aromatic heterocycles. The van der Waals surface area contributed by atoms with E-state index in [4.69, 9.17) is 14.2 Å². The number of hydrogen-bond donors (Lipinski definition) is 0. The summed E-state index contributed by atoms with van der Waals surface area (Å²) in [4.78, 5) is 4.92. The third-order valence-electron chi connectivity index (χ3n) is 3.89. The summed E-state index contributed by atoms with van der Waals surface area (Å²) >= 11 is 0. The molecule has 5 nitrogen and oxygen atoms in total. The maximum absolute atomic E-state index is 5.33. The lowest BCUT2D eigenvalue weighted by Gasteiger charge is -2.34. The highest BCUT2D eigenvalue weighted by Gasteiger charge is 2.17. The van der Waals surface area contributed by atoms with E-state index in [2.05, 4.69) is 21.9 Å². The van der Waals surface area contributed by atoms with E-state index in [-0.39, 0.29) is 0 Å². The summed E-state index contributed by atoms with van der Waals surface area (Å²) < 4.78 is 15.8.